The largest absolute Gasteiger partial charge is 0.378 e. The van der Waals surface area contributed by atoms with Gasteiger partial charge in [-0.25, -0.2) is 0 Å². The second-order valence-corrected chi connectivity index (χ2v) is 6.22. The van der Waals surface area contributed by atoms with Crippen LogP contribution < -0.4 is 9.80 Å². The Morgan fingerprint density at radius 3 is 1.38 bits per heavy atom. The van der Waals surface area contributed by atoms with Crippen molar-refractivity contribution in [1.29, 1.82) is 0 Å². The quantitative estimate of drug-likeness (QED) is 0.776. The molecule has 0 atom stereocenters. The standard InChI is InChI=1S/C20H26N2O.ClH/c1-6-19(23)20(15-7-11-17(12-8-15)21(2)3)16-9-13-18(14-10-16)22(4)5;/h7-14,20H,6H2,1-5H3;1H. The van der Waals surface area contributed by atoms with Crippen molar-refractivity contribution in [1.82, 2.24) is 0 Å². The Balaban J connectivity index is 0.00000288. The number of benzene rings is 2. The van der Waals surface area contributed by atoms with Crippen LogP contribution >= 0.6 is 12.4 Å². The first-order chi connectivity index (χ1) is 10.9. The van der Waals surface area contributed by atoms with Crippen molar-refractivity contribution in [3.8, 4) is 0 Å². The van der Waals surface area contributed by atoms with Crippen LogP contribution in [0.15, 0.2) is 48.5 Å². The molecular weight excluding hydrogens is 320 g/mol. The Morgan fingerprint density at radius 2 is 1.12 bits per heavy atom. The van der Waals surface area contributed by atoms with Crippen LogP contribution in [0.1, 0.15) is 30.4 Å². The molecule has 130 valence electrons. The van der Waals surface area contributed by atoms with Gasteiger partial charge in [-0.2, -0.15) is 0 Å². The highest BCUT2D eigenvalue weighted by Crippen LogP contribution is 2.29. The molecule has 24 heavy (non-hydrogen) atoms. The van der Waals surface area contributed by atoms with Crippen LogP contribution in [-0.2, 0) is 4.79 Å². The van der Waals surface area contributed by atoms with Gasteiger partial charge in [0, 0.05) is 46.0 Å². The van der Waals surface area contributed by atoms with E-state index in [1.807, 2.05) is 35.1 Å². The molecule has 0 amide bonds. The van der Waals surface area contributed by atoms with E-state index in [2.05, 4.69) is 58.3 Å². The fraction of sp³-hybridized carbons (Fsp3) is 0.350. The summed E-state index contributed by atoms with van der Waals surface area (Å²) < 4.78 is 0. The molecule has 0 aromatic heterocycles. The molecule has 0 unspecified atom stereocenters. The number of hydrogen-bond donors (Lipinski definition) is 0. The molecule has 0 N–H and O–H groups in total. The monoisotopic (exact) mass is 346 g/mol. The van der Waals surface area contributed by atoms with Crippen molar-refractivity contribution in [2.24, 2.45) is 0 Å². The molecule has 2 rings (SSSR count). The summed E-state index contributed by atoms with van der Waals surface area (Å²) >= 11 is 0. The van der Waals surface area contributed by atoms with Gasteiger partial charge in [0.25, 0.3) is 0 Å². The molecule has 0 aliphatic heterocycles. The maximum absolute atomic E-state index is 12.5. The van der Waals surface area contributed by atoms with E-state index in [-0.39, 0.29) is 24.1 Å². The molecule has 0 aliphatic carbocycles. The molecule has 0 spiro atoms. The summed E-state index contributed by atoms with van der Waals surface area (Å²) in [7, 11) is 8.07. The maximum Gasteiger partial charge on any atom is 0.144 e. The first-order valence-corrected chi connectivity index (χ1v) is 8.01. The number of rotatable bonds is 6. The molecule has 0 saturated carbocycles. The Morgan fingerprint density at radius 1 is 0.792 bits per heavy atom. The molecule has 0 saturated heterocycles. The Hall–Kier alpha value is -2.00. The van der Waals surface area contributed by atoms with E-state index >= 15 is 0 Å². The first kappa shape index (κ1) is 20.0. The summed E-state index contributed by atoms with van der Waals surface area (Å²) in [4.78, 5) is 16.7. The van der Waals surface area contributed by atoms with E-state index in [1.54, 1.807) is 0 Å². The molecule has 0 heterocycles. The lowest BCUT2D eigenvalue weighted by Crippen LogP contribution is -2.14. The van der Waals surface area contributed by atoms with Gasteiger partial charge in [-0.05, 0) is 35.4 Å². The van der Waals surface area contributed by atoms with Crippen LogP contribution in [0.25, 0.3) is 0 Å². The van der Waals surface area contributed by atoms with Crippen molar-refractivity contribution >= 4 is 29.6 Å². The molecule has 2 aromatic carbocycles. The topological polar surface area (TPSA) is 23.6 Å². The third kappa shape index (κ3) is 4.51. The van der Waals surface area contributed by atoms with E-state index in [1.165, 1.54) is 0 Å². The third-order valence-corrected chi connectivity index (χ3v) is 4.16. The predicted octanol–water partition coefficient (Wildman–Crippen LogP) is 4.35. The molecule has 0 bridgehead atoms. The SMILES string of the molecule is CCC(=O)C(c1ccc(N(C)C)cc1)c1ccc(N(C)C)cc1.Cl. The fourth-order valence-electron chi connectivity index (χ4n) is 2.70. The van der Waals surface area contributed by atoms with Crippen molar-refractivity contribution < 1.29 is 4.79 Å². The number of carbonyl (C=O) groups is 1. The molecule has 2 aromatic rings. The molecule has 0 aliphatic rings. The number of nitrogens with zero attached hydrogens (tertiary/aromatic N) is 2. The van der Waals surface area contributed by atoms with Crippen LogP contribution in [0, 0.1) is 0 Å². The van der Waals surface area contributed by atoms with Gasteiger partial charge in [-0.15, -0.1) is 12.4 Å². The molecular formula is C20H27ClN2O. The summed E-state index contributed by atoms with van der Waals surface area (Å²) in [5, 5.41) is 0. The molecule has 3 nitrogen and oxygen atoms in total. The zero-order valence-corrected chi connectivity index (χ0v) is 15.9. The molecule has 0 fully saturated rings. The van der Waals surface area contributed by atoms with Crippen molar-refractivity contribution in [3.63, 3.8) is 0 Å². The summed E-state index contributed by atoms with van der Waals surface area (Å²) in [5.41, 5.74) is 4.39. The molecule has 0 radical (unpaired) electrons. The van der Waals surface area contributed by atoms with Crippen LogP contribution in [-0.4, -0.2) is 34.0 Å². The van der Waals surface area contributed by atoms with Crippen LogP contribution in [0.3, 0.4) is 0 Å². The van der Waals surface area contributed by atoms with Gasteiger partial charge in [0.05, 0.1) is 5.92 Å². The van der Waals surface area contributed by atoms with E-state index in [9.17, 15) is 4.79 Å². The predicted molar refractivity (Wildman–Crippen MR) is 106 cm³/mol. The lowest BCUT2D eigenvalue weighted by molar-refractivity contribution is -0.119. The van der Waals surface area contributed by atoms with Gasteiger partial charge in [0.1, 0.15) is 5.78 Å². The van der Waals surface area contributed by atoms with E-state index in [0.717, 1.165) is 22.5 Å². The van der Waals surface area contributed by atoms with Gasteiger partial charge in [-0.3, -0.25) is 4.79 Å². The van der Waals surface area contributed by atoms with Crippen LogP contribution in [0.5, 0.6) is 0 Å². The summed E-state index contributed by atoms with van der Waals surface area (Å²) in [5.74, 6) is 0.0626. The fourth-order valence-corrected chi connectivity index (χ4v) is 2.70. The number of carbonyl (C=O) groups excluding carboxylic acids is 1. The van der Waals surface area contributed by atoms with Gasteiger partial charge in [-0.1, -0.05) is 31.2 Å². The third-order valence-electron chi connectivity index (χ3n) is 4.16. The normalized spacial score (nSPS) is 10.2. The second kappa shape index (κ2) is 8.74. The van der Waals surface area contributed by atoms with Gasteiger partial charge >= 0.3 is 0 Å². The lowest BCUT2D eigenvalue weighted by Gasteiger charge is -2.20. The highest BCUT2D eigenvalue weighted by Gasteiger charge is 2.21. The van der Waals surface area contributed by atoms with Crippen molar-refractivity contribution in [3.05, 3.63) is 59.7 Å². The van der Waals surface area contributed by atoms with E-state index in [0.29, 0.717) is 6.42 Å². The smallest absolute Gasteiger partial charge is 0.144 e. The lowest BCUT2D eigenvalue weighted by atomic mass is 9.86. The minimum absolute atomic E-state index is 0. The Kier molecular flexibility index (Phi) is 7.30. The van der Waals surface area contributed by atoms with E-state index < -0.39 is 0 Å². The van der Waals surface area contributed by atoms with Crippen molar-refractivity contribution in [2.45, 2.75) is 19.3 Å². The van der Waals surface area contributed by atoms with Crippen LogP contribution in [0.2, 0.25) is 0 Å². The van der Waals surface area contributed by atoms with Gasteiger partial charge in [0.15, 0.2) is 0 Å². The highest BCUT2D eigenvalue weighted by atomic mass is 35.5. The Labute approximate surface area is 151 Å². The van der Waals surface area contributed by atoms with Crippen molar-refractivity contribution in [2.75, 3.05) is 38.0 Å². The number of hydrogen-bond acceptors (Lipinski definition) is 3. The molecule has 4 heteroatoms. The number of Topliss-reactive ketones (excluding diaryl/α,β-unsaturated/α-hetero) is 1. The number of halogens is 1. The minimum Gasteiger partial charge on any atom is -0.378 e. The zero-order chi connectivity index (χ0) is 17.0. The summed E-state index contributed by atoms with van der Waals surface area (Å²) in [6.45, 7) is 1.93. The Bertz CT molecular complexity index is 597. The first-order valence-electron chi connectivity index (χ1n) is 8.01. The zero-order valence-electron chi connectivity index (χ0n) is 15.1. The maximum atomic E-state index is 12.5. The highest BCUT2D eigenvalue weighted by molar-refractivity contribution is 5.89. The second-order valence-electron chi connectivity index (χ2n) is 6.22. The van der Waals surface area contributed by atoms with Gasteiger partial charge < -0.3 is 9.80 Å². The minimum atomic E-state index is -0.188. The average molecular weight is 347 g/mol. The summed E-state index contributed by atoms with van der Waals surface area (Å²) in [6, 6.07) is 16.5. The van der Waals surface area contributed by atoms with E-state index in [4.69, 9.17) is 0 Å². The van der Waals surface area contributed by atoms with Gasteiger partial charge in [0.2, 0.25) is 0 Å². The number of anilines is 2. The average Bonchev–Trinajstić information content (AvgIpc) is 2.55. The number of ketones is 1. The van der Waals surface area contributed by atoms with Crippen LogP contribution in [0.4, 0.5) is 11.4 Å². The summed E-state index contributed by atoms with van der Waals surface area (Å²) in [6.07, 6.45) is 0.537.